The van der Waals surface area contributed by atoms with Crippen LogP contribution in [0.5, 0.6) is 5.75 Å². The quantitative estimate of drug-likeness (QED) is 0.380. The first kappa shape index (κ1) is 21.9. The summed E-state index contributed by atoms with van der Waals surface area (Å²) in [6.45, 7) is 0.815. The van der Waals surface area contributed by atoms with Crippen LogP contribution in [0.2, 0.25) is 0 Å². The number of carbonyl (C=O) groups is 2. The fraction of sp³-hybridized carbons (Fsp3) is 0.111. The zero-order valence-corrected chi connectivity index (χ0v) is 18.0. The second kappa shape index (κ2) is 10.8. The molecule has 0 spiro atoms. The van der Waals surface area contributed by atoms with E-state index >= 15 is 0 Å². The van der Waals surface area contributed by atoms with Crippen molar-refractivity contribution in [1.29, 1.82) is 0 Å². The predicted molar refractivity (Wildman–Crippen MR) is 126 cm³/mol. The number of benzene rings is 3. The molecular weight excluding hydrogens is 416 g/mol. The van der Waals surface area contributed by atoms with Crippen LogP contribution in [0, 0.1) is 0 Å². The van der Waals surface area contributed by atoms with Gasteiger partial charge in [0.15, 0.2) is 0 Å². The highest BCUT2D eigenvalue weighted by Gasteiger charge is 2.14. The summed E-state index contributed by atoms with van der Waals surface area (Å²) in [5.74, 6) is 0.734. The molecule has 166 valence electrons. The Balaban J connectivity index is 1.33. The lowest BCUT2D eigenvalue weighted by Gasteiger charge is -2.12. The summed E-state index contributed by atoms with van der Waals surface area (Å²) in [6.07, 6.45) is 2.36. The maximum atomic E-state index is 12.7. The summed E-state index contributed by atoms with van der Waals surface area (Å²) in [6, 6.07) is 27.5. The minimum absolute atomic E-state index is 0.264. The largest absolute Gasteiger partial charge is 0.493 e. The number of amides is 2. The minimum Gasteiger partial charge on any atom is -0.493 e. The van der Waals surface area contributed by atoms with Crippen molar-refractivity contribution in [3.63, 3.8) is 0 Å². The molecule has 1 aromatic heterocycles. The van der Waals surface area contributed by atoms with Gasteiger partial charge in [-0.2, -0.15) is 0 Å². The van der Waals surface area contributed by atoms with Gasteiger partial charge >= 0.3 is 0 Å². The highest BCUT2D eigenvalue weighted by atomic mass is 16.5. The van der Waals surface area contributed by atoms with Crippen molar-refractivity contribution in [1.82, 2.24) is 5.32 Å². The number of anilines is 1. The Morgan fingerprint density at radius 2 is 1.55 bits per heavy atom. The van der Waals surface area contributed by atoms with Crippen LogP contribution in [0.25, 0.3) is 0 Å². The van der Waals surface area contributed by atoms with Crippen LogP contribution in [0.3, 0.4) is 0 Å². The van der Waals surface area contributed by atoms with E-state index in [9.17, 15) is 9.59 Å². The van der Waals surface area contributed by atoms with E-state index in [-0.39, 0.29) is 18.4 Å². The smallest absolute Gasteiger partial charge is 0.255 e. The van der Waals surface area contributed by atoms with E-state index < -0.39 is 0 Å². The fourth-order valence-corrected chi connectivity index (χ4v) is 3.29. The number of furan rings is 1. The van der Waals surface area contributed by atoms with Crippen LogP contribution < -0.4 is 15.4 Å². The predicted octanol–water partition coefficient (Wildman–Crippen LogP) is 5.08. The summed E-state index contributed by atoms with van der Waals surface area (Å²) >= 11 is 0. The maximum Gasteiger partial charge on any atom is 0.255 e. The van der Waals surface area contributed by atoms with E-state index in [1.165, 1.54) is 5.56 Å². The van der Waals surface area contributed by atoms with Crippen molar-refractivity contribution in [2.75, 3.05) is 11.9 Å². The lowest BCUT2D eigenvalue weighted by atomic mass is 10.1. The molecule has 0 radical (unpaired) electrons. The number of rotatable bonds is 9. The molecule has 0 bridgehead atoms. The Morgan fingerprint density at radius 3 is 2.30 bits per heavy atom. The van der Waals surface area contributed by atoms with Crippen LogP contribution in [0.4, 0.5) is 5.69 Å². The Bertz CT molecular complexity index is 1190. The van der Waals surface area contributed by atoms with E-state index in [0.29, 0.717) is 34.9 Å². The molecule has 0 unspecified atom stereocenters. The maximum absolute atomic E-state index is 12.7. The van der Waals surface area contributed by atoms with Gasteiger partial charge in [0.25, 0.3) is 11.8 Å². The zero-order chi connectivity index (χ0) is 22.9. The monoisotopic (exact) mass is 440 g/mol. The molecule has 0 atom stereocenters. The first-order chi connectivity index (χ1) is 16.2. The van der Waals surface area contributed by atoms with E-state index in [2.05, 4.69) is 22.8 Å². The molecule has 0 fully saturated rings. The molecule has 4 rings (SSSR count). The van der Waals surface area contributed by atoms with Gasteiger partial charge in [-0.25, -0.2) is 0 Å². The normalized spacial score (nSPS) is 10.4. The van der Waals surface area contributed by atoms with E-state index in [1.54, 1.807) is 66.9 Å². The average Bonchev–Trinajstić information content (AvgIpc) is 3.38. The second-order valence-electron chi connectivity index (χ2n) is 7.37. The standard InChI is InChI=1S/C27H24N2O4/c30-26(21-12-14-22(15-13-21)33-18-16-20-7-2-1-3-8-20)29-25-11-5-4-10-24(25)27(31)28-19-23-9-6-17-32-23/h1-15,17H,16,18-19H2,(H,28,31)(H,29,30). The number of hydrogen-bond donors (Lipinski definition) is 2. The minimum atomic E-state index is -0.308. The van der Waals surface area contributed by atoms with Crippen molar-refractivity contribution in [2.45, 2.75) is 13.0 Å². The van der Waals surface area contributed by atoms with Crippen molar-refractivity contribution in [3.05, 3.63) is 120 Å². The zero-order valence-electron chi connectivity index (χ0n) is 18.0. The topological polar surface area (TPSA) is 80.6 Å². The van der Waals surface area contributed by atoms with Gasteiger partial charge in [0.2, 0.25) is 0 Å². The number of para-hydroxylation sites is 1. The molecule has 0 saturated heterocycles. The molecule has 1 heterocycles. The summed E-state index contributed by atoms with van der Waals surface area (Å²) in [5.41, 5.74) is 2.48. The second-order valence-corrected chi connectivity index (χ2v) is 7.37. The van der Waals surface area contributed by atoms with Crippen LogP contribution in [-0.4, -0.2) is 18.4 Å². The van der Waals surface area contributed by atoms with Gasteiger partial charge in [-0.3, -0.25) is 9.59 Å². The first-order valence-electron chi connectivity index (χ1n) is 10.7. The molecule has 4 aromatic rings. The summed E-state index contributed by atoms with van der Waals surface area (Å²) in [7, 11) is 0. The van der Waals surface area contributed by atoms with E-state index in [1.807, 2.05) is 18.2 Å². The van der Waals surface area contributed by atoms with Gasteiger partial charge in [-0.15, -0.1) is 0 Å². The molecule has 0 saturated carbocycles. The van der Waals surface area contributed by atoms with Gasteiger partial charge < -0.3 is 19.8 Å². The Morgan fingerprint density at radius 1 is 0.788 bits per heavy atom. The molecule has 6 nitrogen and oxygen atoms in total. The summed E-state index contributed by atoms with van der Waals surface area (Å²) in [4.78, 5) is 25.4. The number of ether oxygens (including phenoxy) is 1. The molecule has 2 N–H and O–H groups in total. The highest BCUT2D eigenvalue weighted by molar-refractivity contribution is 6.09. The SMILES string of the molecule is O=C(Nc1ccccc1C(=O)NCc1ccco1)c1ccc(OCCc2ccccc2)cc1. The van der Waals surface area contributed by atoms with E-state index in [4.69, 9.17) is 9.15 Å². The summed E-state index contributed by atoms with van der Waals surface area (Å²) < 4.78 is 11.0. The highest BCUT2D eigenvalue weighted by Crippen LogP contribution is 2.18. The van der Waals surface area contributed by atoms with Gasteiger partial charge in [0.05, 0.1) is 30.7 Å². The Labute approximate surface area is 192 Å². The molecule has 2 amide bonds. The number of carbonyl (C=O) groups excluding carboxylic acids is 2. The fourth-order valence-electron chi connectivity index (χ4n) is 3.29. The van der Waals surface area contributed by atoms with Crippen molar-refractivity contribution < 1.29 is 18.7 Å². The molecule has 33 heavy (non-hydrogen) atoms. The lowest BCUT2D eigenvalue weighted by molar-refractivity contribution is 0.0949. The van der Waals surface area contributed by atoms with Gasteiger partial charge in [-0.1, -0.05) is 42.5 Å². The molecule has 3 aromatic carbocycles. The Hall–Kier alpha value is -4.32. The van der Waals surface area contributed by atoms with Gasteiger partial charge in [0, 0.05) is 12.0 Å². The third-order valence-electron chi connectivity index (χ3n) is 5.04. The average molecular weight is 440 g/mol. The van der Waals surface area contributed by atoms with Crippen molar-refractivity contribution in [3.8, 4) is 5.75 Å². The van der Waals surface area contributed by atoms with Gasteiger partial charge in [0.1, 0.15) is 11.5 Å². The molecule has 6 heteroatoms. The Kier molecular flexibility index (Phi) is 7.18. The summed E-state index contributed by atoms with van der Waals surface area (Å²) in [5, 5.41) is 5.61. The van der Waals surface area contributed by atoms with E-state index in [0.717, 1.165) is 6.42 Å². The third kappa shape index (κ3) is 6.11. The van der Waals surface area contributed by atoms with Crippen LogP contribution in [0.1, 0.15) is 32.0 Å². The van der Waals surface area contributed by atoms with Crippen LogP contribution in [-0.2, 0) is 13.0 Å². The molecule has 0 aliphatic rings. The van der Waals surface area contributed by atoms with Crippen molar-refractivity contribution in [2.24, 2.45) is 0 Å². The van der Waals surface area contributed by atoms with Gasteiger partial charge in [-0.05, 0) is 54.1 Å². The van der Waals surface area contributed by atoms with Crippen molar-refractivity contribution >= 4 is 17.5 Å². The molecule has 0 aliphatic heterocycles. The first-order valence-corrected chi connectivity index (χ1v) is 10.7. The molecule has 0 aliphatic carbocycles. The number of hydrogen-bond acceptors (Lipinski definition) is 4. The van der Waals surface area contributed by atoms with Crippen LogP contribution >= 0.6 is 0 Å². The molecular formula is C27H24N2O4. The lowest BCUT2D eigenvalue weighted by Crippen LogP contribution is -2.24. The van der Waals surface area contributed by atoms with Crippen LogP contribution in [0.15, 0.2) is 102 Å². The number of nitrogens with one attached hydrogen (secondary N) is 2. The third-order valence-corrected chi connectivity index (χ3v) is 5.04.